The average Bonchev–Trinajstić information content (AvgIpc) is 2.75. The number of carbonyl (C=O) groups excluding carboxylic acids is 1. The van der Waals surface area contributed by atoms with E-state index in [-0.39, 0.29) is 11.1 Å². The number of benzene rings is 1. The molecule has 0 aliphatic rings. The van der Waals surface area contributed by atoms with Gasteiger partial charge in [-0.15, -0.1) is 0 Å². The number of rotatable bonds is 1. The van der Waals surface area contributed by atoms with Crippen molar-refractivity contribution in [2.75, 3.05) is 0 Å². The molecule has 0 spiro atoms. The highest BCUT2D eigenvalue weighted by molar-refractivity contribution is 7.23. The fourth-order valence-corrected chi connectivity index (χ4v) is 3.09. The van der Waals surface area contributed by atoms with Gasteiger partial charge in [0.05, 0.1) is 17.7 Å². The number of H-pyrrole nitrogens is 1. The summed E-state index contributed by atoms with van der Waals surface area (Å²) in [6, 6.07) is 4.61. The van der Waals surface area contributed by atoms with Crippen LogP contribution in [0.15, 0.2) is 27.8 Å². The Morgan fingerprint density at radius 1 is 1.42 bits per heavy atom. The molecule has 0 atom stereocenters. The number of aromatic carboxylic acids is 1. The first-order valence-corrected chi connectivity index (χ1v) is 6.10. The molecule has 0 aliphatic carbocycles. The van der Waals surface area contributed by atoms with E-state index in [0.717, 1.165) is 11.3 Å². The number of aromatic nitrogens is 3. The van der Waals surface area contributed by atoms with Gasteiger partial charge in [-0.25, -0.2) is 9.59 Å². The Bertz CT molecular complexity index is 950. The van der Waals surface area contributed by atoms with Crippen molar-refractivity contribution in [2.24, 2.45) is 7.05 Å². The first-order valence-electron chi connectivity index (χ1n) is 5.28. The molecule has 96 valence electrons. The second kappa shape index (κ2) is 3.75. The third kappa shape index (κ3) is 1.50. The monoisotopic (exact) mass is 277 g/mol. The van der Waals surface area contributed by atoms with Gasteiger partial charge < -0.3 is 9.90 Å². The van der Waals surface area contributed by atoms with Crippen molar-refractivity contribution < 1.29 is 14.5 Å². The Balaban J connectivity index is 2.71. The molecule has 1 N–H and O–H groups in total. The Morgan fingerprint density at radius 3 is 2.84 bits per heavy atom. The topological polar surface area (TPSA) is 98.3 Å². The van der Waals surface area contributed by atoms with Crippen LogP contribution in [0, 0.1) is 0 Å². The summed E-state index contributed by atoms with van der Waals surface area (Å²) in [6.45, 7) is 0. The van der Waals surface area contributed by atoms with Gasteiger partial charge in [0, 0.05) is 5.56 Å². The zero-order chi connectivity index (χ0) is 13.7. The molecule has 0 unspecified atom stereocenters. The summed E-state index contributed by atoms with van der Waals surface area (Å²) in [6.07, 6.45) is 0. The number of carbonyl (C=O) groups is 1. The van der Waals surface area contributed by atoms with E-state index in [4.69, 9.17) is 0 Å². The van der Waals surface area contributed by atoms with Crippen LogP contribution in [-0.4, -0.2) is 15.4 Å². The SMILES string of the molecule is C[n+]1c(=O)[nH]c(=O)n2c3c(C(=O)[O-])cccc3sc21. The van der Waals surface area contributed by atoms with Crippen LogP contribution in [0.1, 0.15) is 10.4 Å². The van der Waals surface area contributed by atoms with E-state index in [1.165, 1.54) is 22.1 Å². The minimum Gasteiger partial charge on any atom is -0.545 e. The molecule has 0 saturated heterocycles. The average molecular weight is 277 g/mol. The van der Waals surface area contributed by atoms with Gasteiger partial charge in [0.1, 0.15) is 5.52 Å². The lowest BCUT2D eigenvalue weighted by molar-refractivity contribution is -0.664. The Hall–Kier alpha value is -2.48. The van der Waals surface area contributed by atoms with Gasteiger partial charge in [-0.05, 0) is 12.1 Å². The first kappa shape index (κ1) is 11.6. The number of fused-ring (bicyclic) bond motifs is 3. The number of hydrogen-bond donors (Lipinski definition) is 1. The summed E-state index contributed by atoms with van der Waals surface area (Å²) < 4.78 is 3.02. The van der Waals surface area contributed by atoms with E-state index in [1.54, 1.807) is 12.1 Å². The quantitative estimate of drug-likeness (QED) is 0.541. The zero-order valence-corrected chi connectivity index (χ0v) is 10.5. The zero-order valence-electron chi connectivity index (χ0n) is 9.67. The minimum absolute atomic E-state index is 0.0853. The summed E-state index contributed by atoms with van der Waals surface area (Å²) in [5.74, 6) is -1.37. The Kier molecular flexibility index (Phi) is 2.29. The highest BCUT2D eigenvalue weighted by Gasteiger charge is 2.20. The third-order valence-electron chi connectivity index (χ3n) is 2.84. The number of aromatic amines is 1. The first-order chi connectivity index (χ1) is 9.00. The molecule has 0 saturated carbocycles. The highest BCUT2D eigenvalue weighted by atomic mass is 32.1. The molecular formula is C11H7N3O4S. The number of carboxylic acids is 1. The molecule has 0 radical (unpaired) electrons. The predicted molar refractivity (Wildman–Crippen MR) is 65.2 cm³/mol. The second-order valence-electron chi connectivity index (χ2n) is 3.95. The maximum Gasteiger partial charge on any atom is 0.452 e. The molecule has 0 fully saturated rings. The van der Waals surface area contributed by atoms with Crippen LogP contribution in [0.5, 0.6) is 0 Å². The normalized spacial score (nSPS) is 11.2. The van der Waals surface area contributed by atoms with Gasteiger partial charge in [0.25, 0.3) is 0 Å². The van der Waals surface area contributed by atoms with Gasteiger partial charge >= 0.3 is 16.3 Å². The molecular weight excluding hydrogens is 270 g/mol. The van der Waals surface area contributed by atoms with Crippen LogP contribution in [0.3, 0.4) is 0 Å². The van der Waals surface area contributed by atoms with E-state index >= 15 is 0 Å². The number of nitrogens with one attached hydrogen (secondary N) is 1. The predicted octanol–water partition coefficient (Wildman–Crippen LogP) is -1.61. The molecule has 2 aromatic heterocycles. The van der Waals surface area contributed by atoms with Crippen molar-refractivity contribution in [2.45, 2.75) is 0 Å². The number of thiazole rings is 1. The van der Waals surface area contributed by atoms with Crippen LogP contribution >= 0.6 is 11.3 Å². The molecule has 0 aliphatic heterocycles. The molecule has 7 nitrogen and oxygen atoms in total. The van der Waals surface area contributed by atoms with E-state index in [0.29, 0.717) is 9.66 Å². The highest BCUT2D eigenvalue weighted by Crippen LogP contribution is 2.25. The minimum atomic E-state index is -1.37. The number of nitrogens with zero attached hydrogens (tertiary/aromatic N) is 2. The molecule has 8 heteroatoms. The van der Waals surface area contributed by atoms with Gasteiger partial charge in [0.2, 0.25) is 0 Å². The van der Waals surface area contributed by atoms with E-state index in [1.807, 2.05) is 0 Å². The fraction of sp³-hybridized carbons (Fsp3) is 0.0909. The number of para-hydroxylation sites is 1. The van der Waals surface area contributed by atoms with Crippen LogP contribution in [-0.2, 0) is 7.05 Å². The van der Waals surface area contributed by atoms with E-state index in [9.17, 15) is 19.5 Å². The molecule has 1 aromatic carbocycles. The van der Waals surface area contributed by atoms with Gasteiger partial charge in [-0.1, -0.05) is 17.4 Å². The van der Waals surface area contributed by atoms with Crippen LogP contribution in [0.25, 0.3) is 15.2 Å². The van der Waals surface area contributed by atoms with Gasteiger partial charge in [-0.2, -0.15) is 14.0 Å². The smallest absolute Gasteiger partial charge is 0.452 e. The Labute approximate surface area is 109 Å². The summed E-state index contributed by atoms with van der Waals surface area (Å²) in [5.41, 5.74) is -1.07. The Morgan fingerprint density at radius 2 is 2.16 bits per heavy atom. The maximum atomic E-state index is 11.9. The molecule has 0 bridgehead atoms. The lowest BCUT2D eigenvalue weighted by atomic mass is 10.2. The molecule has 3 rings (SSSR count). The van der Waals surface area contributed by atoms with Crippen molar-refractivity contribution in [3.8, 4) is 0 Å². The summed E-state index contributed by atoms with van der Waals surface area (Å²) >= 11 is 1.16. The summed E-state index contributed by atoms with van der Waals surface area (Å²) in [7, 11) is 1.50. The van der Waals surface area contributed by atoms with Crippen molar-refractivity contribution in [1.29, 1.82) is 0 Å². The maximum absolute atomic E-state index is 11.9. The standard InChI is InChI=1S/C11H7N3O4S/c1-13-9(17)12-10(18)14-7-5(8(15)16)3-2-4-6(7)19-11(13)14/h2-4H,1H3,(H-,12,15,16,17,18). The van der Waals surface area contributed by atoms with Crippen molar-refractivity contribution in [1.82, 2.24) is 9.38 Å². The van der Waals surface area contributed by atoms with Crippen LogP contribution in [0.2, 0.25) is 0 Å². The summed E-state index contributed by atoms with van der Waals surface area (Å²) in [5, 5.41) is 11.1. The van der Waals surface area contributed by atoms with E-state index < -0.39 is 17.3 Å². The molecule has 2 heterocycles. The van der Waals surface area contributed by atoms with Crippen LogP contribution in [0.4, 0.5) is 0 Å². The number of aryl methyl sites for hydroxylation is 1. The van der Waals surface area contributed by atoms with Crippen molar-refractivity contribution in [3.05, 3.63) is 44.7 Å². The van der Waals surface area contributed by atoms with Crippen molar-refractivity contribution >= 4 is 32.5 Å². The van der Waals surface area contributed by atoms with E-state index in [2.05, 4.69) is 4.98 Å². The third-order valence-corrected chi connectivity index (χ3v) is 4.03. The molecule has 0 amide bonds. The molecule has 3 aromatic rings. The van der Waals surface area contributed by atoms with Gasteiger partial charge in [-0.3, -0.25) is 0 Å². The number of carboxylic acid groups (broad SMARTS) is 1. The fourth-order valence-electron chi connectivity index (χ4n) is 1.96. The van der Waals surface area contributed by atoms with Crippen LogP contribution < -0.4 is 21.1 Å². The number of hydrogen-bond acceptors (Lipinski definition) is 5. The largest absolute Gasteiger partial charge is 0.545 e. The van der Waals surface area contributed by atoms with Gasteiger partial charge in [0.15, 0.2) is 0 Å². The molecule has 19 heavy (non-hydrogen) atoms. The lowest BCUT2D eigenvalue weighted by Gasteiger charge is -2.01. The second-order valence-corrected chi connectivity index (χ2v) is 4.96. The lowest BCUT2D eigenvalue weighted by Crippen LogP contribution is -2.52. The summed E-state index contributed by atoms with van der Waals surface area (Å²) in [4.78, 5) is 37.0. The van der Waals surface area contributed by atoms with Crippen molar-refractivity contribution in [3.63, 3.8) is 0 Å².